The largest absolute Gasteiger partial charge is 0.496 e. The minimum absolute atomic E-state index is 0. The standard InChI is InChI=1S/C10H11ClN2O.ClH/c1-14-10-3-2-7(11)6-8(10)9(13)4-5-12;/h2-3,6,9H,4,13H2,1H3;1H/t9-;/m1./s1. The number of ether oxygens (including phenoxy) is 1. The number of halogens is 2. The first-order chi connectivity index (χ1) is 6.69. The van der Waals surface area contributed by atoms with Gasteiger partial charge in [-0.25, -0.2) is 0 Å². The Labute approximate surface area is 100 Å². The molecule has 3 nitrogen and oxygen atoms in total. The maximum Gasteiger partial charge on any atom is 0.123 e. The van der Waals surface area contributed by atoms with Crippen molar-refractivity contribution in [2.45, 2.75) is 12.5 Å². The molecular weight excluding hydrogens is 235 g/mol. The van der Waals surface area contributed by atoms with Crippen LogP contribution in [0.15, 0.2) is 18.2 Å². The minimum Gasteiger partial charge on any atom is -0.496 e. The zero-order valence-electron chi connectivity index (χ0n) is 8.24. The lowest BCUT2D eigenvalue weighted by molar-refractivity contribution is 0.406. The van der Waals surface area contributed by atoms with Crippen molar-refractivity contribution >= 4 is 24.0 Å². The molecule has 0 amide bonds. The normalized spacial score (nSPS) is 11.1. The van der Waals surface area contributed by atoms with E-state index < -0.39 is 0 Å². The van der Waals surface area contributed by atoms with Crippen LogP contribution in [0.5, 0.6) is 5.75 Å². The maximum atomic E-state index is 8.53. The van der Waals surface area contributed by atoms with E-state index in [-0.39, 0.29) is 24.9 Å². The first kappa shape index (κ1) is 14.1. The van der Waals surface area contributed by atoms with E-state index in [0.717, 1.165) is 5.56 Å². The molecule has 0 aliphatic carbocycles. The third-order valence-electron chi connectivity index (χ3n) is 1.90. The molecule has 0 aliphatic heterocycles. The molecule has 0 heterocycles. The van der Waals surface area contributed by atoms with Crippen LogP contribution < -0.4 is 10.5 Å². The maximum absolute atomic E-state index is 8.53. The molecule has 1 aromatic rings. The van der Waals surface area contributed by atoms with Gasteiger partial charge in [0, 0.05) is 16.6 Å². The van der Waals surface area contributed by atoms with E-state index in [1.165, 1.54) is 0 Å². The number of hydrogen-bond donors (Lipinski definition) is 1. The van der Waals surface area contributed by atoms with Crippen LogP contribution >= 0.6 is 24.0 Å². The summed E-state index contributed by atoms with van der Waals surface area (Å²) in [7, 11) is 1.56. The van der Waals surface area contributed by atoms with Gasteiger partial charge in [0.15, 0.2) is 0 Å². The Morgan fingerprint density at radius 1 is 1.60 bits per heavy atom. The van der Waals surface area contributed by atoms with E-state index in [2.05, 4.69) is 0 Å². The Hall–Kier alpha value is -0.950. The van der Waals surface area contributed by atoms with Gasteiger partial charge in [0.1, 0.15) is 5.75 Å². The molecule has 1 aromatic carbocycles. The van der Waals surface area contributed by atoms with Gasteiger partial charge in [-0.05, 0) is 18.2 Å². The highest BCUT2D eigenvalue weighted by Crippen LogP contribution is 2.28. The van der Waals surface area contributed by atoms with Crippen molar-refractivity contribution < 1.29 is 4.74 Å². The molecule has 0 aromatic heterocycles. The first-order valence-electron chi connectivity index (χ1n) is 4.15. The molecule has 0 radical (unpaired) electrons. The third kappa shape index (κ3) is 3.60. The molecule has 1 atom stereocenters. The molecule has 0 bridgehead atoms. The molecule has 15 heavy (non-hydrogen) atoms. The van der Waals surface area contributed by atoms with Crippen LogP contribution in [0.25, 0.3) is 0 Å². The number of rotatable bonds is 3. The van der Waals surface area contributed by atoms with E-state index in [0.29, 0.717) is 10.8 Å². The van der Waals surface area contributed by atoms with Crippen LogP contribution in [-0.4, -0.2) is 7.11 Å². The van der Waals surface area contributed by atoms with Crippen molar-refractivity contribution in [3.63, 3.8) is 0 Å². The lowest BCUT2D eigenvalue weighted by Crippen LogP contribution is -2.10. The summed E-state index contributed by atoms with van der Waals surface area (Å²) < 4.78 is 5.12. The second-order valence-corrected chi connectivity index (χ2v) is 3.29. The van der Waals surface area contributed by atoms with Gasteiger partial charge < -0.3 is 10.5 Å². The highest BCUT2D eigenvalue weighted by atomic mass is 35.5. The van der Waals surface area contributed by atoms with Crippen LogP contribution in [0.3, 0.4) is 0 Å². The summed E-state index contributed by atoms with van der Waals surface area (Å²) in [6.07, 6.45) is 0.247. The summed E-state index contributed by atoms with van der Waals surface area (Å²) in [4.78, 5) is 0. The third-order valence-corrected chi connectivity index (χ3v) is 2.14. The number of hydrogen-bond acceptors (Lipinski definition) is 3. The molecule has 82 valence electrons. The Morgan fingerprint density at radius 2 is 2.27 bits per heavy atom. The monoisotopic (exact) mass is 246 g/mol. The SMILES string of the molecule is COc1ccc(Cl)cc1[C@H](N)CC#N.Cl. The van der Waals surface area contributed by atoms with Gasteiger partial charge in [0.25, 0.3) is 0 Å². The Balaban J connectivity index is 0.00000196. The Morgan fingerprint density at radius 3 is 2.80 bits per heavy atom. The fraction of sp³-hybridized carbons (Fsp3) is 0.300. The van der Waals surface area contributed by atoms with Crippen molar-refractivity contribution in [3.8, 4) is 11.8 Å². The molecule has 0 fully saturated rings. The first-order valence-corrected chi connectivity index (χ1v) is 4.52. The highest BCUT2D eigenvalue weighted by Gasteiger charge is 2.11. The topological polar surface area (TPSA) is 59.0 Å². The lowest BCUT2D eigenvalue weighted by Gasteiger charge is -2.13. The molecule has 0 saturated carbocycles. The number of methoxy groups -OCH3 is 1. The number of nitriles is 1. The second-order valence-electron chi connectivity index (χ2n) is 2.86. The van der Waals surface area contributed by atoms with Gasteiger partial charge in [0.2, 0.25) is 0 Å². The summed E-state index contributed by atoms with van der Waals surface area (Å²) in [6.45, 7) is 0. The summed E-state index contributed by atoms with van der Waals surface area (Å²) in [6, 6.07) is 6.85. The van der Waals surface area contributed by atoms with Gasteiger partial charge in [-0.1, -0.05) is 11.6 Å². The molecule has 0 spiro atoms. The predicted octanol–water partition coefficient (Wildman–Crippen LogP) is 2.68. The average molecular weight is 247 g/mol. The van der Waals surface area contributed by atoms with Crippen LogP contribution in [0, 0.1) is 11.3 Å². The fourth-order valence-electron chi connectivity index (χ4n) is 1.20. The number of nitrogens with two attached hydrogens (primary N) is 1. The molecule has 2 N–H and O–H groups in total. The van der Waals surface area contributed by atoms with Gasteiger partial charge >= 0.3 is 0 Å². The summed E-state index contributed by atoms with van der Waals surface area (Å²) in [5, 5.41) is 9.12. The van der Waals surface area contributed by atoms with Crippen molar-refractivity contribution in [1.82, 2.24) is 0 Å². The fourth-order valence-corrected chi connectivity index (χ4v) is 1.38. The predicted molar refractivity (Wildman–Crippen MR) is 62.4 cm³/mol. The van der Waals surface area contributed by atoms with Gasteiger partial charge in [-0.2, -0.15) is 5.26 Å². The number of nitrogens with zero attached hydrogens (tertiary/aromatic N) is 1. The van der Waals surface area contributed by atoms with E-state index >= 15 is 0 Å². The summed E-state index contributed by atoms with van der Waals surface area (Å²) in [5.74, 6) is 0.664. The average Bonchev–Trinajstić information content (AvgIpc) is 2.18. The van der Waals surface area contributed by atoms with Crippen LogP contribution in [-0.2, 0) is 0 Å². The molecule has 0 saturated heterocycles. The molecular formula is C10H12Cl2N2O. The molecule has 0 aliphatic rings. The summed E-state index contributed by atoms with van der Waals surface area (Å²) in [5.41, 5.74) is 6.55. The second kappa shape index (κ2) is 6.52. The Bertz CT molecular complexity index is 363. The lowest BCUT2D eigenvalue weighted by atomic mass is 10.0. The molecule has 0 unspecified atom stereocenters. The van der Waals surface area contributed by atoms with E-state index in [4.69, 9.17) is 27.3 Å². The van der Waals surface area contributed by atoms with Gasteiger partial charge in [-0.3, -0.25) is 0 Å². The van der Waals surface area contributed by atoms with Crippen LogP contribution in [0.1, 0.15) is 18.0 Å². The van der Waals surface area contributed by atoms with Crippen molar-refractivity contribution in [2.24, 2.45) is 5.73 Å². The zero-order valence-corrected chi connectivity index (χ0v) is 9.81. The van der Waals surface area contributed by atoms with Crippen LogP contribution in [0.2, 0.25) is 5.02 Å². The van der Waals surface area contributed by atoms with Gasteiger partial charge in [0.05, 0.1) is 19.6 Å². The molecule has 5 heteroatoms. The van der Waals surface area contributed by atoms with Crippen molar-refractivity contribution in [2.75, 3.05) is 7.11 Å². The quantitative estimate of drug-likeness (QED) is 0.893. The van der Waals surface area contributed by atoms with Crippen LogP contribution in [0.4, 0.5) is 0 Å². The van der Waals surface area contributed by atoms with Crippen molar-refractivity contribution in [3.05, 3.63) is 28.8 Å². The zero-order chi connectivity index (χ0) is 10.6. The van der Waals surface area contributed by atoms with E-state index in [1.54, 1.807) is 25.3 Å². The summed E-state index contributed by atoms with van der Waals surface area (Å²) >= 11 is 5.82. The number of benzene rings is 1. The Kier molecular flexibility index (Phi) is 6.11. The van der Waals surface area contributed by atoms with Gasteiger partial charge in [-0.15, -0.1) is 12.4 Å². The highest BCUT2D eigenvalue weighted by molar-refractivity contribution is 6.30. The van der Waals surface area contributed by atoms with E-state index in [9.17, 15) is 0 Å². The van der Waals surface area contributed by atoms with Crippen molar-refractivity contribution in [1.29, 1.82) is 5.26 Å². The van der Waals surface area contributed by atoms with E-state index in [1.807, 2.05) is 6.07 Å². The minimum atomic E-state index is -0.353. The smallest absolute Gasteiger partial charge is 0.123 e. The molecule has 1 rings (SSSR count).